The molecular weight excluding hydrogens is 193 g/mol. The van der Waals surface area contributed by atoms with Crippen molar-refractivity contribution in [2.45, 2.75) is 51.5 Å². The quantitative estimate of drug-likeness (QED) is 0.727. The molecule has 0 unspecified atom stereocenters. The second-order valence-corrected chi connectivity index (χ2v) is 5.08. The van der Waals surface area contributed by atoms with E-state index in [-0.39, 0.29) is 10.2 Å². The molecule has 0 aromatic heterocycles. The van der Waals surface area contributed by atoms with Crippen molar-refractivity contribution in [2.24, 2.45) is 5.41 Å². The molecule has 0 amide bonds. The number of rotatable bonds is 1. The SMILES string of the molecule is CC.F.OC[C@]12CCCN1CC1(CC1)C2. The van der Waals surface area contributed by atoms with Crippen molar-refractivity contribution in [1.82, 2.24) is 4.90 Å². The van der Waals surface area contributed by atoms with Gasteiger partial charge in [0.25, 0.3) is 0 Å². The third kappa shape index (κ3) is 1.92. The lowest BCUT2D eigenvalue weighted by Gasteiger charge is -2.29. The monoisotopic (exact) mass is 217 g/mol. The molecule has 3 aliphatic rings. The summed E-state index contributed by atoms with van der Waals surface area (Å²) in [4.78, 5) is 2.56. The van der Waals surface area contributed by atoms with Gasteiger partial charge in [0.15, 0.2) is 0 Å². The van der Waals surface area contributed by atoms with E-state index in [9.17, 15) is 5.11 Å². The highest BCUT2D eigenvalue weighted by molar-refractivity contribution is 5.13. The Morgan fingerprint density at radius 2 is 1.87 bits per heavy atom. The fraction of sp³-hybridized carbons (Fsp3) is 1.00. The Kier molecular flexibility index (Phi) is 3.77. The fourth-order valence-corrected chi connectivity index (χ4v) is 3.35. The van der Waals surface area contributed by atoms with E-state index in [0.29, 0.717) is 12.0 Å². The zero-order valence-corrected chi connectivity index (χ0v) is 9.96. The maximum absolute atomic E-state index is 9.45. The predicted molar refractivity (Wildman–Crippen MR) is 60.8 cm³/mol. The van der Waals surface area contributed by atoms with Crippen LogP contribution in [-0.2, 0) is 0 Å². The van der Waals surface area contributed by atoms with E-state index in [4.69, 9.17) is 0 Å². The van der Waals surface area contributed by atoms with Crippen LogP contribution < -0.4 is 0 Å². The summed E-state index contributed by atoms with van der Waals surface area (Å²) in [5.74, 6) is 0. The zero-order chi connectivity index (χ0) is 10.2. The van der Waals surface area contributed by atoms with Crippen LogP contribution in [0.15, 0.2) is 0 Å². The van der Waals surface area contributed by atoms with Crippen LogP contribution in [0.3, 0.4) is 0 Å². The molecule has 3 heteroatoms. The van der Waals surface area contributed by atoms with Crippen LogP contribution in [-0.4, -0.2) is 35.2 Å². The fourth-order valence-electron chi connectivity index (χ4n) is 3.35. The van der Waals surface area contributed by atoms with Gasteiger partial charge in [0.05, 0.1) is 6.61 Å². The van der Waals surface area contributed by atoms with E-state index in [1.165, 1.54) is 45.2 Å². The first-order chi connectivity index (χ1) is 6.79. The molecule has 3 fully saturated rings. The highest BCUT2D eigenvalue weighted by Crippen LogP contribution is 2.60. The van der Waals surface area contributed by atoms with Gasteiger partial charge in [-0.3, -0.25) is 9.60 Å². The molecule has 2 saturated heterocycles. The minimum atomic E-state index is 0. The molecule has 2 aliphatic heterocycles. The molecule has 90 valence electrons. The first-order valence-electron chi connectivity index (χ1n) is 6.15. The van der Waals surface area contributed by atoms with Crippen molar-refractivity contribution < 1.29 is 9.81 Å². The van der Waals surface area contributed by atoms with Gasteiger partial charge in [0.1, 0.15) is 0 Å². The summed E-state index contributed by atoms with van der Waals surface area (Å²) >= 11 is 0. The van der Waals surface area contributed by atoms with E-state index < -0.39 is 0 Å². The highest BCUT2D eigenvalue weighted by atomic mass is 19.0. The number of aliphatic hydroxyl groups excluding tert-OH is 1. The van der Waals surface area contributed by atoms with Gasteiger partial charge < -0.3 is 5.11 Å². The third-order valence-electron chi connectivity index (χ3n) is 4.22. The molecule has 15 heavy (non-hydrogen) atoms. The summed E-state index contributed by atoms with van der Waals surface area (Å²) in [6.45, 7) is 6.92. The Morgan fingerprint density at radius 1 is 1.20 bits per heavy atom. The Bertz CT molecular complexity index is 218. The van der Waals surface area contributed by atoms with Gasteiger partial charge in [-0.05, 0) is 44.1 Å². The predicted octanol–water partition coefficient (Wildman–Crippen LogP) is 2.18. The lowest BCUT2D eigenvalue weighted by molar-refractivity contribution is 0.0997. The number of hydrogen-bond acceptors (Lipinski definition) is 2. The van der Waals surface area contributed by atoms with E-state index in [1.807, 2.05) is 13.8 Å². The van der Waals surface area contributed by atoms with Crippen LogP contribution in [0.5, 0.6) is 0 Å². The van der Waals surface area contributed by atoms with Gasteiger partial charge in [0.2, 0.25) is 0 Å². The van der Waals surface area contributed by atoms with Crippen molar-refractivity contribution in [1.29, 1.82) is 0 Å². The number of aliphatic hydroxyl groups is 1. The summed E-state index contributed by atoms with van der Waals surface area (Å²) in [5.41, 5.74) is 0.902. The summed E-state index contributed by atoms with van der Waals surface area (Å²) in [7, 11) is 0. The third-order valence-corrected chi connectivity index (χ3v) is 4.22. The lowest BCUT2D eigenvalue weighted by Crippen LogP contribution is -2.41. The molecule has 1 saturated carbocycles. The van der Waals surface area contributed by atoms with E-state index in [2.05, 4.69) is 4.90 Å². The van der Waals surface area contributed by atoms with Crippen LogP contribution in [0.2, 0.25) is 0 Å². The van der Waals surface area contributed by atoms with Gasteiger partial charge in [-0.15, -0.1) is 0 Å². The minimum absolute atomic E-state index is 0. The average Bonchev–Trinajstić information content (AvgIpc) is 2.71. The topological polar surface area (TPSA) is 23.5 Å². The van der Waals surface area contributed by atoms with Gasteiger partial charge in [-0.25, -0.2) is 0 Å². The number of fused-ring (bicyclic) bond motifs is 1. The van der Waals surface area contributed by atoms with Gasteiger partial charge in [-0.2, -0.15) is 0 Å². The van der Waals surface area contributed by atoms with Crippen LogP contribution >= 0.6 is 0 Å². The van der Waals surface area contributed by atoms with E-state index >= 15 is 0 Å². The standard InChI is InChI=1S/C10H17NO.C2H6.FH/c12-8-10-2-1-5-11(10)7-9(6-10)3-4-9;1-2;/h12H,1-8H2;1-2H3;1H/t10-;;/m1../s1. The normalized spacial score (nSPS) is 35.4. The highest BCUT2D eigenvalue weighted by Gasteiger charge is 2.59. The second-order valence-electron chi connectivity index (χ2n) is 5.08. The van der Waals surface area contributed by atoms with Crippen molar-refractivity contribution >= 4 is 0 Å². The summed E-state index contributed by atoms with van der Waals surface area (Å²) in [6.07, 6.45) is 6.68. The summed E-state index contributed by atoms with van der Waals surface area (Å²) in [6, 6.07) is 0. The lowest BCUT2D eigenvalue weighted by atomic mass is 9.89. The average molecular weight is 217 g/mol. The number of nitrogens with zero attached hydrogens (tertiary/aromatic N) is 1. The molecule has 0 radical (unpaired) electrons. The van der Waals surface area contributed by atoms with Crippen LogP contribution in [0.25, 0.3) is 0 Å². The van der Waals surface area contributed by atoms with Crippen LogP contribution in [0, 0.1) is 5.41 Å². The summed E-state index contributed by atoms with van der Waals surface area (Å²) in [5, 5.41) is 9.45. The van der Waals surface area contributed by atoms with Gasteiger partial charge in [-0.1, -0.05) is 13.8 Å². The molecule has 1 aliphatic carbocycles. The molecule has 0 aromatic carbocycles. The Hall–Kier alpha value is -0.150. The van der Waals surface area contributed by atoms with Crippen molar-refractivity contribution in [3.63, 3.8) is 0 Å². The zero-order valence-electron chi connectivity index (χ0n) is 9.96. The molecule has 1 spiro atoms. The van der Waals surface area contributed by atoms with Gasteiger partial charge >= 0.3 is 0 Å². The maximum Gasteiger partial charge on any atom is 0.0615 e. The minimum Gasteiger partial charge on any atom is -0.394 e. The first-order valence-corrected chi connectivity index (χ1v) is 6.15. The maximum atomic E-state index is 9.45. The Labute approximate surface area is 92.0 Å². The van der Waals surface area contributed by atoms with Crippen molar-refractivity contribution in [3.05, 3.63) is 0 Å². The van der Waals surface area contributed by atoms with E-state index in [0.717, 1.165) is 0 Å². The molecule has 1 atom stereocenters. The molecular formula is C12H24FNO. The van der Waals surface area contributed by atoms with Crippen molar-refractivity contribution in [2.75, 3.05) is 19.7 Å². The van der Waals surface area contributed by atoms with Gasteiger partial charge in [0, 0.05) is 12.1 Å². The molecule has 2 heterocycles. The molecule has 2 nitrogen and oxygen atoms in total. The summed E-state index contributed by atoms with van der Waals surface area (Å²) < 4.78 is 0. The second kappa shape index (κ2) is 4.38. The van der Waals surface area contributed by atoms with Crippen LogP contribution in [0.4, 0.5) is 4.70 Å². The van der Waals surface area contributed by atoms with Crippen molar-refractivity contribution in [3.8, 4) is 0 Å². The largest absolute Gasteiger partial charge is 0.394 e. The first kappa shape index (κ1) is 12.9. The smallest absolute Gasteiger partial charge is 0.0615 e. The number of hydrogen-bond donors (Lipinski definition) is 1. The molecule has 3 rings (SSSR count). The van der Waals surface area contributed by atoms with Crippen LogP contribution in [0.1, 0.15) is 46.0 Å². The number of halogens is 1. The Morgan fingerprint density at radius 3 is 2.33 bits per heavy atom. The molecule has 1 N–H and O–H groups in total. The Balaban J connectivity index is 0.000000356. The van der Waals surface area contributed by atoms with E-state index in [1.54, 1.807) is 0 Å². The molecule has 0 aromatic rings. The molecule has 0 bridgehead atoms.